The van der Waals surface area contributed by atoms with Crippen molar-refractivity contribution in [1.29, 1.82) is 0 Å². The summed E-state index contributed by atoms with van der Waals surface area (Å²) >= 11 is -11.2. The summed E-state index contributed by atoms with van der Waals surface area (Å²) in [5, 5.41) is 34.9. The number of rotatable bonds is 8. The zero-order valence-electron chi connectivity index (χ0n) is 21.3. The van der Waals surface area contributed by atoms with E-state index >= 15 is 0 Å². The zero-order valence-corrected chi connectivity index (χ0v) is 26.7. The summed E-state index contributed by atoms with van der Waals surface area (Å²) in [7, 11) is -10.6. The van der Waals surface area contributed by atoms with Crippen molar-refractivity contribution >= 4 is 90.8 Å². The van der Waals surface area contributed by atoms with E-state index < -0.39 is 112 Å². The van der Waals surface area contributed by atoms with Gasteiger partial charge in [-0.2, -0.15) is 0 Å². The van der Waals surface area contributed by atoms with E-state index in [9.17, 15) is 60.0 Å². The van der Waals surface area contributed by atoms with E-state index in [0.717, 1.165) is 24.3 Å². The number of phenolic OH excluding ortho intramolecular Hbond substituents is 2. The first-order chi connectivity index (χ1) is 20.2. The van der Waals surface area contributed by atoms with Gasteiger partial charge in [0, 0.05) is 0 Å². The van der Waals surface area contributed by atoms with Gasteiger partial charge >= 0.3 is 253 Å². The van der Waals surface area contributed by atoms with Crippen molar-refractivity contribution < 1.29 is 60.0 Å². The van der Waals surface area contributed by atoms with Crippen LogP contribution in [-0.4, -0.2) is 80.9 Å². The minimum atomic E-state index is -5.61. The summed E-state index contributed by atoms with van der Waals surface area (Å²) in [5.41, 5.74) is -3.04. The van der Waals surface area contributed by atoms with Gasteiger partial charge in [-0.05, 0) is 0 Å². The molecule has 0 saturated heterocycles. The molecule has 22 heteroatoms. The van der Waals surface area contributed by atoms with Crippen LogP contribution in [0.25, 0.3) is 10.8 Å². The van der Waals surface area contributed by atoms with Crippen molar-refractivity contribution in [2.24, 2.45) is 20.5 Å². The van der Waals surface area contributed by atoms with Gasteiger partial charge in [0.2, 0.25) is 0 Å². The predicted octanol–water partition coefficient (Wildman–Crippen LogP) is 0.697. The molecule has 18 nitrogen and oxygen atoms in total. The molecule has 0 aliphatic carbocycles. The Morgan fingerprint density at radius 3 is 1.23 bits per heavy atom. The first-order valence-corrected chi connectivity index (χ1v) is 21.0. The fraction of sp³-hybridized carbons (Fsp3) is 0. The molecular formula is C22H18As2N4O14S2. The van der Waals surface area contributed by atoms with Crippen molar-refractivity contribution in [3.05, 3.63) is 60.7 Å². The standard InChI is InChI=1S/C22H18As2N4O14S2/c29-21-18-11(9-16(43(37,38)39)19(21)27-25-14-7-3-1-5-12(14)23(31,32)33)10-17(44(40,41)42)20(22(18)30)28-26-15-8-4-2-6-13(15)24(34,35)36/h1-10,29-30H,(H2,31,32,33)(H2,34,35,36)(H,37,38,39)(H,40,41,42)/b27-25+,28-26+. The molecule has 0 aromatic heterocycles. The van der Waals surface area contributed by atoms with E-state index in [1.165, 1.54) is 24.3 Å². The van der Waals surface area contributed by atoms with Crippen molar-refractivity contribution in [1.82, 2.24) is 0 Å². The maximum absolute atomic E-state index is 12.2. The molecule has 8 N–H and O–H groups in total. The average Bonchev–Trinajstić information content (AvgIpc) is 2.89. The molecule has 0 atom stereocenters. The molecule has 4 aromatic rings. The number of fused-ring (bicyclic) bond motifs is 1. The second kappa shape index (κ2) is 11.7. The topological polar surface area (TPSA) is 314 Å². The van der Waals surface area contributed by atoms with Gasteiger partial charge in [-0.3, -0.25) is 0 Å². The number of phenols is 2. The van der Waals surface area contributed by atoms with Crippen LogP contribution in [-0.2, 0) is 27.7 Å². The fourth-order valence-electron chi connectivity index (χ4n) is 3.85. The quantitative estimate of drug-likeness (QED) is 0.0694. The van der Waals surface area contributed by atoms with E-state index in [0.29, 0.717) is 12.1 Å². The molecule has 0 aliphatic heterocycles. The van der Waals surface area contributed by atoms with Gasteiger partial charge in [0.25, 0.3) is 0 Å². The normalized spacial score (nSPS) is 13.3. The average molecular weight is 776 g/mol. The number of benzene rings is 4. The Labute approximate surface area is 252 Å². The summed E-state index contributed by atoms with van der Waals surface area (Å²) in [4.78, 5) is -2.39. The Hall–Kier alpha value is -3.68. The minimum absolute atomic E-state index is 0.452. The first kappa shape index (κ1) is 33.2. The maximum atomic E-state index is 12.2. The van der Waals surface area contributed by atoms with Crippen LogP contribution < -0.4 is 8.70 Å². The van der Waals surface area contributed by atoms with E-state index in [4.69, 9.17) is 0 Å². The second-order valence-electron chi connectivity index (χ2n) is 8.66. The van der Waals surface area contributed by atoms with E-state index in [1.54, 1.807) is 0 Å². The molecule has 44 heavy (non-hydrogen) atoms. The number of azo groups is 2. The summed E-state index contributed by atoms with van der Waals surface area (Å²) in [6, 6.07) is 10.4. The summed E-state index contributed by atoms with van der Waals surface area (Å²) < 4.78 is 129. The summed E-state index contributed by atoms with van der Waals surface area (Å²) in [6.07, 6.45) is 0. The Morgan fingerprint density at radius 2 is 0.909 bits per heavy atom. The fourth-order valence-corrected chi connectivity index (χ4v) is 8.09. The van der Waals surface area contributed by atoms with Crippen LogP contribution in [0.3, 0.4) is 0 Å². The molecular weight excluding hydrogens is 758 g/mol. The van der Waals surface area contributed by atoms with Crippen molar-refractivity contribution in [2.45, 2.75) is 9.79 Å². The van der Waals surface area contributed by atoms with Crippen LogP contribution in [0.2, 0.25) is 0 Å². The molecule has 0 bridgehead atoms. The van der Waals surface area contributed by atoms with Crippen LogP contribution in [0.1, 0.15) is 0 Å². The number of hydrogen-bond donors (Lipinski definition) is 8. The third-order valence-electron chi connectivity index (χ3n) is 5.71. The van der Waals surface area contributed by atoms with Gasteiger partial charge in [0.15, 0.2) is 0 Å². The molecule has 0 saturated carbocycles. The Morgan fingerprint density at radius 1 is 0.568 bits per heavy atom. The van der Waals surface area contributed by atoms with E-state index in [2.05, 4.69) is 20.5 Å². The van der Waals surface area contributed by atoms with Gasteiger partial charge < -0.3 is 0 Å². The SMILES string of the molecule is O=S(=O)(O)c1cc2cc(S(=O)(=O)O)c(/N=N/c3ccccc3[As](=O)(O)O)c(O)c2c(O)c1/N=N/c1ccccc1[As](=O)(O)O. The van der Waals surface area contributed by atoms with Crippen molar-refractivity contribution in [3.8, 4) is 11.5 Å². The predicted molar refractivity (Wildman–Crippen MR) is 149 cm³/mol. The first-order valence-electron chi connectivity index (χ1n) is 11.4. The molecule has 4 rings (SSSR count). The number of aromatic hydroxyl groups is 2. The third kappa shape index (κ3) is 6.84. The third-order valence-corrected chi connectivity index (χ3v) is 11.7. The Balaban J connectivity index is 2.06. The summed E-state index contributed by atoms with van der Waals surface area (Å²) in [5.74, 6) is -2.51. The van der Waals surface area contributed by atoms with Crippen molar-refractivity contribution in [3.63, 3.8) is 0 Å². The van der Waals surface area contributed by atoms with Gasteiger partial charge in [-0.15, -0.1) is 0 Å². The molecule has 0 unspecified atom stereocenters. The van der Waals surface area contributed by atoms with Crippen molar-refractivity contribution in [2.75, 3.05) is 0 Å². The molecule has 0 amide bonds. The van der Waals surface area contributed by atoms with Crippen LogP contribution in [0.5, 0.6) is 11.5 Å². The second-order valence-corrected chi connectivity index (χ2v) is 18.0. The van der Waals surface area contributed by atoms with Gasteiger partial charge in [0.05, 0.1) is 0 Å². The molecule has 4 aromatic carbocycles. The van der Waals surface area contributed by atoms with Gasteiger partial charge in [-0.25, -0.2) is 0 Å². The molecule has 0 fully saturated rings. The van der Waals surface area contributed by atoms with E-state index in [-0.39, 0.29) is 0 Å². The van der Waals surface area contributed by atoms with Crippen LogP contribution in [0, 0.1) is 0 Å². The molecule has 0 heterocycles. The monoisotopic (exact) mass is 776 g/mol. The molecule has 0 radical (unpaired) electrons. The van der Waals surface area contributed by atoms with Gasteiger partial charge in [0.1, 0.15) is 0 Å². The number of hydrogen-bond acceptors (Lipinski definition) is 12. The van der Waals surface area contributed by atoms with E-state index in [1.807, 2.05) is 0 Å². The van der Waals surface area contributed by atoms with Gasteiger partial charge in [-0.1, -0.05) is 0 Å². The Kier molecular flexibility index (Phi) is 8.81. The van der Waals surface area contributed by atoms with Crippen LogP contribution >= 0.6 is 0 Å². The van der Waals surface area contributed by atoms with Crippen LogP contribution in [0.4, 0.5) is 22.7 Å². The zero-order chi connectivity index (χ0) is 32.8. The number of nitrogens with zero attached hydrogens (tertiary/aromatic N) is 4. The molecule has 0 aliphatic rings. The Bertz CT molecular complexity index is 2060. The molecule has 0 spiro atoms. The molecule has 232 valence electrons. The summed E-state index contributed by atoms with van der Waals surface area (Å²) in [6.45, 7) is 0. The van der Waals surface area contributed by atoms with Crippen LogP contribution in [0.15, 0.2) is 90.9 Å².